The SMILES string of the molecule is CCOc1ccccc1-n1nnc(C(=O)Nc2ccc(OC)cc2OC)c1C. The second kappa shape index (κ2) is 8.43. The number of amides is 1. The average Bonchev–Trinajstić information content (AvgIpc) is 3.10. The van der Waals surface area contributed by atoms with Gasteiger partial charge in [0.05, 0.1) is 32.2 Å². The van der Waals surface area contributed by atoms with Gasteiger partial charge in [0.15, 0.2) is 5.69 Å². The van der Waals surface area contributed by atoms with Gasteiger partial charge in [-0.1, -0.05) is 17.3 Å². The Labute approximate surface area is 163 Å². The minimum atomic E-state index is -0.388. The summed E-state index contributed by atoms with van der Waals surface area (Å²) in [5, 5.41) is 11.0. The summed E-state index contributed by atoms with van der Waals surface area (Å²) in [6, 6.07) is 12.6. The second-order valence-corrected chi connectivity index (χ2v) is 5.86. The summed E-state index contributed by atoms with van der Waals surface area (Å²) in [7, 11) is 3.09. The highest BCUT2D eigenvalue weighted by atomic mass is 16.5. The Balaban J connectivity index is 1.89. The molecule has 0 fully saturated rings. The van der Waals surface area contributed by atoms with Crippen molar-refractivity contribution in [1.82, 2.24) is 15.0 Å². The molecule has 8 nitrogen and oxygen atoms in total. The van der Waals surface area contributed by atoms with E-state index in [1.54, 1.807) is 36.9 Å². The van der Waals surface area contributed by atoms with Crippen LogP contribution in [0.2, 0.25) is 0 Å². The van der Waals surface area contributed by atoms with E-state index in [1.807, 2.05) is 31.2 Å². The highest BCUT2D eigenvalue weighted by molar-refractivity contribution is 6.04. The zero-order valence-electron chi connectivity index (χ0n) is 16.2. The van der Waals surface area contributed by atoms with Crippen molar-refractivity contribution in [1.29, 1.82) is 0 Å². The fraction of sp³-hybridized carbons (Fsp3) is 0.250. The molecule has 0 unspecified atom stereocenters. The van der Waals surface area contributed by atoms with E-state index >= 15 is 0 Å². The van der Waals surface area contributed by atoms with Crippen molar-refractivity contribution in [2.75, 3.05) is 26.1 Å². The van der Waals surface area contributed by atoms with Gasteiger partial charge in [-0.2, -0.15) is 0 Å². The van der Waals surface area contributed by atoms with Crippen molar-refractivity contribution >= 4 is 11.6 Å². The smallest absolute Gasteiger partial charge is 0.278 e. The monoisotopic (exact) mass is 382 g/mol. The van der Waals surface area contributed by atoms with Crippen LogP contribution >= 0.6 is 0 Å². The number of rotatable bonds is 7. The third kappa shape index (κ3) is 3.75. The van der Waals surface area contributed by atoms with Crippen LogP contribution in [0.5, 0.6) is 17.2 Å². The molecular weight excluding hydrogens is 360 g/mol. The summed E-state index contributed by atoms with van der Waals surface area (Å²) < 4.78 is 17.7. The van der Waals surface area contributed by atoms with Crippen LogP contribution in [-0.2, 0) is 0 Å². The van der Waals surface area contributed by atoms with Crippen molar-refractivity contribution in [2.45, 2.75) is 13.8 Å². The first-order valence-electron chi connectivity index (χ1n) is 8.76. The number of methoxy groups -OCH3 is 2. The Morgan fingerprint density at radius 3 is 2.61 bits per heavy atom. The fourth-order valence-electron chi connectivity index (χ4n) is 2.76. The summed E-state index contributed by atoms with van der Waals surface area (Å²) in [6.45, 7) is 4.21. The van der Waals surface area contributed by atoms with E-state index in [9.17, 15) is 4.79 Å². The maximum Gasteiger partial charge on any atom is 0.278 e. The first-order valence-corrected chi connectivity index (χ1v) is 8.76. The third-order valence-electron chi connectivity index (χ3n) is 4.16. The number of hydrogen-bond acceptors (Lipinski definition) is 6. The van der Waals surface area contributed by atoms with Gasteiger partial charge in [0.25, 0.3) is 5.91 Å². The number of carbonyl (C=O) groups is 1. The first kappa shape index (κ1) is 19.2. The Morgan fingerprint density at radius 1 is 1.11 bits per heavy atom. The molecule has 0 radical (unpaired) electrons. The maximum absolute atomic E-state index is 12.8. The summed E-state index contributed by atoms with van der Waals surface area (Å²) >= 11 is 0. The lowest BCUT2D eigenvalue weighted by Gasteiger charge is -2.12. The zero-order chi connectivity index (χ0) is 20.1. The largest absolute Gasteiger partial charge is 0.497 e. The van der Waals surface area contributed by atoms with E-state index in [2.05, 4.69) is 15.6 Å². The van der Waals surface area contributed by atoms with E-state index in [-0.39, 0.29) is 11.6 Å². The van der Waals surface area contributed by atoms with Gasteiger partial charge in [0.2, 0.25) is 0 Å². The van der Waals surface area contributed by atoms with Crippen molar-refractivity contribution in [2.24, 2.45) is 0 Å². The van der Waals surface area contributed by atoms with Gasteiger partial charge in [0, 0.05) is 6.07 Å². The lowest BCUT2D eigenvalue weighted by atomic mass is 10.2. The number of benzene rings is 2. The van der Waals surface area contributed by atoms with E-state index < -0.39 is 0 Å². The number of anilines is 1. The van der Waals surface area contributed by atoms with E-state index in [4.69, 9.17) is 14.2 Å². The Morgan fingerprint density at radius 2 is 1.89 bits per heavy atom. The number of ether oxygens (including phenoxy) is 3. The first-order chi connectivity index (χ1) is 13.6. The van der Waals surface area contributed by atoms with Crippen LogP contribution in [0.25, 0.3) is 5.69 Å². The molecule has 0 aliphatic heterocycles. The van der Waals surface area contributed by atoms with Gasteiger partial charge in [-0.25, -0.2) is 4.68 Å². The molecule has 0 aliphatic carbocycles. The number of para-hydroxylation sites is 2. The summed E-state index contributed by atoms with van der Waals surface area (Å²) in [4.78, 5) is 12.8. The average molecular weight is 382 g/mol. The molecule has 1 amide bonds. The fourth-order valence-corrected chi connectivity index (χ4v) is 2.76. The van der Waals surface area contributed by atoms with E-state index in [0.29, 0.717) is 35.2 Å². The lowest BCUT2D eigenvalue weighted by molar-refractivity contribution is 0.102. The molecule has 0 aliphatic rings. The molecule has 0 spiro atoms. The molecule has 3 aromatic rings. The Bertz CT molecular complexity index is 984. The maximum atomic E-state index is 12.8. The van der Waals surface area contributed by atoms with Gasteiger partial charge in [0.1, 0.15) is 22.9 Å². The van der Waals surface area contributed by atoms with Gasteiger partial charge in [-0.05, 0) is 38.1 Å². The number of hydrogen-bond donors (Lipinski definition) is 1. The van der Waals surface area contributed by atoms with E-state index in [0.717, 1.165) is 5.69 Å². The molecule has 1 aromatic heterocycles. The summed E-state index contributed by atoms with van der Waals surface area (Å²) in [6.07, 6.45) is 0. The van der Waals surface area contributed by atoms with Gasteiger partial charge in [-0.15, -0.1) is 5.10 Å². The van der Waals surface area contributed by atoms with Crippen LogP contribution in [0.15, 0.2) is 42.5 Å². The minimum Gasteiger partial charge on any atom is -0.497 e. The molecule has 0 saturated heterocycles. The van der Waals surface area contributed by atoms with Crippen LogP contribution in [0.3, 0.4) is 0 Å². The summed E-state index contributed by atoms with van der Waals surface area (Å²) in [5.74, 6) is 1.40. The van der Waals surface area contributed by atoms with Crippen molar-refractivity contribution in [3.05, 3.63) is 53.9 Å². The molecule has 2 aromatic carbocycles. The molecule has 3 rings (SSSR count). The number of nitrogens with one attached hydrogen (secondary N) is 1. The number of nitrogens with zero attached hydrogens (tertiary/aromatic N) is 3. The summed E-state index contributed by atoms with van der Waals surface area (Å²) in [5.41, 5.74) is 2.04. The molecule has 0 atom stereocenters. The topological polar surface area (TPSA) is 87.5 Å². The molecule has 8 heteroatoms. The normalized spacial score (nSPS) is 10.4. The van der Waals surface area contributed by atoms with Crippen LogP contribution in [0, 0.1) is 6.92 Å². The van der Waals surface area contributed by atoms with Gasteiger partial charge >= 0.3 is 0 Å². The quantitative estimate of drug-likeness (QED) is 0.675. The minimum absolute atomic E-state index is 0.212. The molecule has 1 N–H and O–H groups in total. The molecule has 28 heavy (non-hydrogen) atoms. The lowest BCUT2D eigenvalue weighted by Crippen LogP contribution is -2.15. The van der Waals surface area contributed by atoms with E-state index in [1.165, 1.54) is 7.11 Å². The van der Waals surface area contributed by atoms with Crippen molar-refractivity contribution in [3.63, 3.8) is 0 Å². The molecule has 0 saturated carbocycles. The predicted molar refractivity (Wildman–Crippen MR) is 105 cm³/mol. The van der Waals surface area contributed by atoms with Crippen LogP contribution in [-0.4, -0.2) is 41.7 Å². The zero-order valence-corrected chi connectivity index (χ0v) is 16.2. The molecule has 146 valence electrons. The van der Waals surface area contributed by atoms with Crippen molar-refractivity contribution < 1.29 is 19.0 Å². The highest BCUT2D eigenvalue weighted by Crippen LogP contribution is 2.30. The predicted octanol–water partition coefficient (Wildman–Crippen LogP) is 3.24. The van der Waals surface area contributed by atoms with Crippen LogP contribution < -0.4 is 19.5 Å². The number of aromatic nitrogens is 3. The van der Waals surface area contributed by atoms with Crippen molar-refractivity contribution in [3.8, 4) is 22.9 Å². The Kier molecular flexibility index (Phi) is 5.78. The molecular formula is C20H22N4O4. The van der Waals surface area contributed by atoms with Gasteiger partial charge < -0.3 is 19.5 Å². The van der Waals surface area contributed by atoms with Crippen LogP contribution in [0.1, 0.15) is 23.1 Å². The standard InChI is InChI=1S/C20H22N4O4/c1-5-28-17-9-7-6-8-16(17)24-13(2)19(22-23-24)20(25)21-15-11-10-14(26-3)12-18(15)27-4/h6-12H,5H2,1-4H3,(H,21,25). The number of carbonyl (C=O) groups excluding carboxylic acids is 1. The van der Waals surface area contributed by atoms with Gasteiger partial charge in [-0.3, -0.25) is 4.79 Å². The highest BCUT2D eigenvalue weighted by Gasteiger charge is 2.20. The third-order valence-corrected chi connectivity index (χ3v) is 4.16. The van der Waals surface area contributed by atoms with Crippen LogP contribution in [0.4, 0.5) is 5.69 Å². The molecule has 0 bridgehead atoms. The second-order valence-electron chi connectivity index (χ2n) is 5.86. The molecule has 1 heterocycles. The Hall–Kier alpha value is -3.55.